The molecular formula is C21H27N3OS. The molecule has 2 fully saturated rings. The van der Waals surface area contributed by atoms with Crippen molar-refractivity contribution in [1.82, 2.24) is 14.8 Å². The molecule has 1 atom stereocenters. The maximum atomic E-state index is 13.0. The lowest BCUT2D eigenvalue weighted by molar-refractivity contribution is -0.134. The van der Waals surface area contributed by atoms with Gasteiger partial charge in [0.05, 0.1) is 18.2 Å². The van der Waals surface area contributed by atoms with Gasteiger partial charge in [0, 0.05) is 37.5 Å². The Balaban J connectivity index is 1.31. The first-order valence-corrected chi connectivity index (χ1v) is 10.6. The molecular weight excluding hydrogens is 342 g/mol. The number of hydrogen-bond acceptors (Lipinski definition) is 4. The lowest BCUT2D eigenvalue weighted by Crippen LogP contribution is -2.49. The van der Waals surface area contributed by atoms with E-state index >= 15 is 0 Å². The van der Waals surface area contributed by atoms with E-state index in [1.165, 1.54) is 23.5 Å². The summed E-state index contributed by atoms with van der Waals surface area (Å²) >= 11 is 1.79. The van der Waals surface area contributed by atoms with E-state index in [1.807, 2.05) is 18.2 Å². The molecule has 2 aliphatic rings. The topological polar surface area (TPSA) is 36.4 Å². The van der Waals surface area contributed by atoms with Crippen molar-refractivity contribution in [2.24, 2.45) is 0 Å². The molecule has 5 heteroatoms. The SMILES string of the molecule is CCC(C(=O)N1CCN(Cc2nc(C3CC3)cs2)CC1)c1ccccc1. The van der Waals surface area contributed by atoms with Crippen molar-refractivity contribution >= 4 is 17.2 Å². The molecule has 0 N–H and O–H groups in total. The molecule has 2 aromatic rings. The van der Waals surface area contributed by atoms with Crippen LogP contribution in [0.4, 0.5) is 0 Å². The summed E-state index contributed by atoms with van der Waals surface area (Å²) in [4.78, 5) is 22.3. The van der Waals surface area contributed by atoms with E-state index in [0.717, 1.165) is 50.6 Å². The van der Waals surface area contributed by atoms with Gasteiger partial charge in [-0.1, -0.05) is 37.3 Å². The van der Waals surface area contributed by atoms with Crippen LogP contribution < -0.4 is 0 Å². The van der Waals surface area contributed by atoms with Crippen molar-refractivity contribution in [2.45, 2.75) is 44.6 Å². The molecule has 1 aromatic heterocycles. The van der Waals surface area contributed by atoms with Gasteiger partial charge in [-0.3, -0.25) is 9.69 Å². The highest BCUT2D eigenvalue weighted by molar-refractivity contribution is 7.09. The maximum Gasteiger partial charge on any atom is 0.230 e. The highest BCUT2D eigenvalue weighted by Gasteiger charge is 2.29. The van der Waals surface area contributed by atoms with Crippen molar-refractivity contribution in [2.75, 3.05) is 26.2 Å². The molecule has 1 unspecified atom stereocenters. The van der Waals surface area contributed by atoms with E-state index in [2.05, 4.69) is 34.2 Å². The van der Waals surface area contributed by atoms with Crippen LogP contribution in [0.2, 0.25) is 0 Å². The zero-order chi connectivity index (χ0) is 17.9. The van der Waals surface area contributed by atoms with Crippen LogP contribution in [0, 0.1) is 0 Å². The van der Waals surface area contributed by atoms with Gasteiger partial charge in [0.25, 0.3) is 0 Å². The third-order valence-electron chi connectivity index (χ3n) is 5.52. The Morgan fingerprint density at radius 2 is 1.92 bits per heavy atom. The lowest BCUT2D eigenvalue weighted by atomic mass is 9.95. The van der Waals surface area contributed by atoms with Gasteiger partial charge in [0.2, 0.25) is 5.91 Å². The number of benzene rings is 1. The zero-order valence-electron chi connectivity index (χ0n) is 15.4. The molecule has 0 spiro atoms. The van der Waals surface area contributed by atoms with Gasteiger partial charge in [0.15, 0.2) is 0 Å². The molecule has 0 radical (unpaired) electrons. The second-order valence-corrected chi connectivity index (χ2v) is 8.36. The first-order chi connectivity index (χ1) is 12.7. The Kier molecular flexibility index (Phi) is 5.36. The first kappa shape index (κ1) is 17.7. The van der Waals surface area contributed by atoms with E-state index in [9.17, 15) is 4.79 Å². The van der Waals surface area contributed by atoms with E-state index in [4.69, 9.17) is 4.98 Å². The van der Waals surface area contributed by atoms with Gasteiger partial charge in [-0.05, 0) is 24.8 Å². The third kappa shape index (κ3) is 3.99. The number of thiazole rings is 1. The summed E-state index contributed by atoms with van der Waals surface area (Å²) in [7, 11) is 0. The highest BCUT2D eigenvalue weighted by atomic mass is 32.1. The van der Waals surface area contributed by atoms with Crippen molar-refractivity contribution in [1.29, 1.82) is 0 Å². The highest BCUT2D eigenvalue weighted by Crippen LogP contribution is 2.40. The maximum absolute atomic E-state index is 13.0. The fourth-order valence-corrected chi connectivity index (χ4v) is 4.66. The molecule has 2 heterocycles. The minimum atomic E-state index is -0.0113. The van der Waals surface area contributed by atoms with Crippen molar-refractivity contribution < 1.29 is 4.79 Å². The van der Waals surface area contributed by atoms with Gasteiger partial charge >= 0.3 is 0 Å². The minimum absolute atomic E-state index is 0.0113. The summed E-state index contributed by atoms with van der Waals surface area (Å²) in [5.74, 6) is 1.00. The molecule has 1 amide bonds. The molecule has 1 aliphatic heterocycles. The molecule has 4 nitrogen and oxygen atoms in total. The van der Waals surface area contributed by atoms with Crippen LogP contribution in [0.5, 0.6) is 0 Å². The van der Waals surface area contributed by atoms with Gasteiger partial charge < -0.3 is 4.90 Å². The van der Waals surface area contributed by atoms with Crippen LogP contribution in [0.3, 0.4) is 0 Å². The second-order valence-electron chi connectivity index (χ2n) is 7.41. The van der Waals surface area contributed by atoms with E-state index in [1.54, 1.807) is 11.3 Å². The Morgan fingerprint density at radius 3 is 2.58 bits per heavy atom. The Labute approximate surface area is 159 Å². The Morgan fingerprint density at radius 1 is 1.19 bits per heavy atom. The standard InChI is InChI=1S/C21H27N3OS/c1-2-18(16-6-4-3-5-7-16)21(25)24-12-10-23(11-13-24)14-20-22-19(15-26-20)17-8-9-17/h3-7,15,17-18H,2,8-14H2,1H3. The van der Waals surface area contributed by atoms with Crippen LogP contribution in [0.25, 0.3) is 0 Å². The predicted octanol–water partition coefficient (Wildman–Crippen LogP) is 3.86. The second kappa shape index (κ2) is 7.89. The summed E-state index contributed by atoms with van der Waals surface area (Å²) in [5, 5.41) is 3.46. The minimum Gasteiger partial charge on any atom is -0.340 e. The quantitative estimate of drug-likeness (QED) is 0.776. The Hall–Kier alpha value is -1.72. The average Bonchev–Trinajstić information content (AvgIpc) is 3.43. The number of hydrogen-bond donors (Lipinski definition) is 0. The van der Waals surface area contributed by atoms with Crippen LogP contribution in [-0.2, 0) is 11.3 Å². The van der Waals surface area contributed by atoms with E-state index in [-0.39, 0.29) is 11.8 Å². The molecule has 0 bridgehead atoms. The third-order valence-corrected chi connectivity index (χ3v) is 6.37. The monoisotopic (exact) mass is 369 g/mol. The van der Waals surface area contributed by atoms with Crippen molar-refractivity contribution in [3.8, 4) is 0 Å². The van der Waals surface area contributed by atoms with Crippen LogP contribution in [0.15, 0.2) is 35.7 Å². The average molecular weight is 370 g/mol. The summed E-state index contributed by atoms with van der Waals surface area (Å²) < 4.78 is 0. The number of rotatable bonds is 6. The number of amides is 1. The van der Waals surface area contributed by atoms with Gasteiger partial charge in [-0.25, -0.2) is 4.98 Å². The predicted molar refractivity (Wildman–Crippen MR) is 105 cm³/mol. The summed E-state index contributed by atoms with van der Waals surface area (Å²) in [6.07, 6.45) is 3.47. The molecule has 138 valence electrons. The fraction of sp³-hybridized carbons (Fsp3) is 0.524. The summed E-state index contributed by atoms with van der Waals surface area (Å²) in [6.45, 7) is 6.55. The number of piperazine rings is 1. The number of carbonyl (C=O) groups is 1. The smallest absolute Gasteiger partial charge is 0.230 e. The molecule has 1 saturated carbocycles. The molecule has 1 saturated heterocycles. The molecule has 26 heavy (non-hydrogen) atoms. The van der Waals surface area contributed by atoms with Crippen LogP contribution >= 0.6 is 11.3 Å². The van der Waals surface area contributed by atoms with E-state index in [0.29, 0.717) is 0 Å². The van der Waals surface area contributed by atoms with Crippen molar-refractivity contribution in [3.63, 3.8) is 0 Å². The molecule has 1 aromatic carbocycles. The van der Waals surface area contributed by atoms with Gasteiger partial charge in [0.1, 0.15) is 5.01 Å². The molecule has 4 rings (SSSR count). The normalized spacial score (nSPS) is 19.5. The number of nitrogens with zero attached hydrogens (tertiary/aromatic N) is 3. The number of carbonyl (C=O) groups excluding carboxylic acids is 1. The van der Waals surface area contributed by atoms with Gasteiger partial charge in [-0.2, -0.15) is 0 Å². The summed E-state index contributed by atoms with van der Waals surface area (Å²) in [5.41, 5.74) is 2.44. The van der Waals surface area contributed by atoms with Gasteiger partial charge in [-0.15, -0.1) is 11.3 Å². The van der Waals surface area contributed by atoms with Crippen LogP contribution in [-0.4, -0.2) is 46.9 Å². The van der Waals surface area contributed by atoms with Crippen LogP contribution in [0.1, 0.15) is 54.3 Å². The number of aromatic nitrogens is 1. The first-order valence-electron chi connectivity index (χ1n) is 9.75. The fourth-order valence-electron chi connectivity index (χ4n) is 3.74. The van der Waals surface area contributed by atoms with Crippen molar-refractivity contribution in [3.05, 3.63) is 52.0 Å². The lowest BCUT2D eigenvalue weighted by Gasteiger charge is -2.36. The largest absolute Gasteiger partial charge is 0.340 e. The summed E-state index contributed by atoms with van der Waals surface area (Å²) in [6, 6.07) is 10.2. The van der Waals surface area contributed by atoms with E-state index < -0.39 is 0 Å². The molecule has 1 aliphatic carbocycles. The Bertz CT molecular complexity index is 733. The zero-order valence-corrected chi connectivity index (χ0v) is 16.3.